The summed E-state index contributed by atoms with van der Waals surface area (Å²) in [5.41, 5.74) is 0.603. The number of Topliss-reactive ketones (excluding diaryl/α,β-unsaturated/α-hetero) is 1. The van der Waals surface area contributed by atoms with E-state index in [1.807, 2.05) is 0 Å². The first kappa shape index (κ1) is 18.1. The van der Waals surface area contributed by atoms with E-state index in [2.05, 4.69) is 10.0 Å². The van der Waals surface area contributed by atoms with Crippen molar-refractivity contribution >= 4 is 21.7 Å². The second-order valence-corrected chi connectivity index (χ2v) is 6.44. The summed E-state index contributed by atoms with van der Waals surface area (Å²) in [6, 6.07) is 6.55. The Morgan fingerprint density at radius 3 is 2.32 bits per heavy atom. The number of ether oxygens (including phenoxy) is 1. The molecule has 1 amide bonds. The molecule has 22 heavy (non-hydrogen) atoms. The highest BCUT2D eigenvalue weighted by Gasteiger charge is 2.05. The lowest BCUT2D eigenvalue weighted by Crippen LogP contribution is -2.36. The average Bonchev–Trinajstić information content (AvgIpc) is 2.48. The number of benzene rings is 1. The lowest BCUT2D eigenvalue weighted by Gasteiger charge is -2.08. The Morgan fingerprint density at radius 1 is 1.14 bits per heavy atom. The monoisotopic (exact) mass is 328 g/mol. The standard InChI is InChI=1S/C14H20N2O5S/c1-3-13(17)11-4-6-12(7-5-11)21-10-14(18)15-8-9-16-22(2,19)20/h4-7,16H,3,8-10H2,1-2H3,(H,15,18). The number of carbonyl (C=O) groups excluding carboxylic acids is 2. The lowest BCUT2D eigenvalue weighted by molar-refractivity contribution is -0.123. The molecule has 0 saturated heterocycles. The molecule has 0 spiro atoms. The molecule has 0 saturated carbocycles. The third kappa shape index (κ3) is 7.19. The van der Waals surface area contributed by atoms with Crippen molar-refractivity contribution in [3.8, 4) is 5.75 Å². The van der Waals surface area contributed by atoms with Gasteiger partial charge in [-0.2, -0.15) is 0 Å². The van der Waals surface area contributed by atoms with E-state index < -0.39 is 10.0 Å². The van der Waals surface area contributed by atoms with Crippen LogP contribution in [0.4, 0.5) is 0 Å². The first-order chi connectivity index (χ1) is 10.3. The molecular weight excluding hydrogens is 308 g/mol. The van der Waals surface area contributed by atoms with Crippen LogP contribution in [-0.4, -0.2) is 46.1 Å². The van der Waals surface area contributed by atoms with Gasteiger partial charge in [0.15, 0.2) is 12.4 Å². The molecule has 0 aliphatic carbocycles. The van der Waals surface area contributed by atoms with Gasteiger partial charge in [-0.15, -0.1) is 0 Å². The first-order valence-electron chi connectivity index (χ1n) is 6.79. The third-order valence-electron chi connectivity index (χ3n) is 2.68. The molecule has 0 heterocycles. The zero-order valence-corrected chi connectivity index (χ0v) is 13.4. The number of ketones is 1. The maximum atomic E-state index is 11.5. The molecule has 0 aliphatic rings. The van der Waals surface area contributed by atoms with Gasteiger partial charge in [-0.25, -0.2) is 13.1 Å². The van der Waals surface area contributed by atoms with Gasteiger partial charge in [0, 0.05) is 25.1 Å². The second-order valence-electron chi connectivity index (χ2n) is 4.61. The molecule has 1 aromatic carbocycles. The van der Waals surface area contributed by atoms with Crippen LogP contribution in [0.15, 0.2) is 24.3 Å². The summed E-state index contributed by atoms with van der Waals surface area (Å²) in [7, 11) is -3.25. The van der Waals surface area contributed by atoms with Crippen LogP contribution in [0.3, 0.4) is 0 Å². The largest absolute Gasteiger partial charge is 0.484 e. The van der Waals surface area contributed by atoms with Crippen LogP contribution in [0.1, 0.15) is 23.7 Å². The smallest absolute Gasteiger partial charge is 0.257 e. The molecule has 8 heteroatoms. The summed E-state index contributed by atoms with van der Waals surface area (Å²) >= 11 is 0. The van der Waals surface area contributed by atoms with Gasteiger partial charge in [0.1, 0.15) is 5.75 Å². The minimum Gasteiger partial charge on any atom is -0.484 e. The van der Waals surface area contributed by atoms with E-state index in [4.69, 9.17) is 4.74 Å². The predicted octanol–water partition coefficient (Wildman–Crippen LogP) is 0.324. The molecule has 122 valence electrons. The zero-order valence-electron chi connectivity index (χ0n) is 12.6. The Hall–Kier alpha value is -1.93. The van der Waals surface area contributed by atoms with Crippen LogP contribution in [0.25, 0.3) is 0 Å². The number of sulfonamides is 1. The molecular formula is C14H20N2O5S. The molecule has 2 N–H and O–H groups in total. The Balaban J connectivity index is 2.30. The zero-order chi connectivity index (χ0) is 16.6. The van der Waals surface area contributed by atoms with Gasteiger partial charge in [-0.3, -0.25) is 9.59 Å². The van der Waals surface area contributed by atoms with Gasteiger partial charge >= 0.3 is 0 Å². The van der Waals surface area contributed by atoms with Gasteiger partial charge in [-0.05, 0) is 24.3 Å². The van der Waals surface area contributed by atoms with E-state index in [-0.39, 0.29) is 31.4 Å². The van der Waals surface area contributed by atoms with E-state index in [0.29, 0.717) is 17.7 Å². The number of nitrogens with one attached hydrogen (secondary N) is 2. The van der Waals surface area contributed by atoms with Crippen LogP contribution < -0.4 is 14.8 Å². The molecule has 0 fully saturated rings. The molecule has 0 atom stereocenters. The van der Waals surface area contributed by atoms with Crippen LogP contribution in [-0.2, 0) is 14.8 Å². The summed E-state index contributed by atoms with van der Waals surface area (Å²) in [6.45, 7) is 1.91. The van der Waals surface area contributed by atoms with Gasteiger partial charge in [-0.1, -0.05) is 6.92 Å². The Morgan fingerprint density at radius 2 is 1.77 bits per heavy atom. The number of rotatable bonds is 9. The van der Waals surface area contributed by atoms with Crippen molar-refractivity contribution in [2.75, 3.05) is 26.0 Å². The van der Waals surface area contributed by atoms with Crippen LogP contribution in [0, 0.1) is 0 Å². The van der Waals surface area contributed by atoms with E-state index in [9.17, 15) is 18.0 Å². The number of carbonyl (C=O) groups is 2. The Kier molecular flexibility index (Phi) is 7.00. The molecule has 0 bridgehead atoms. The lowest BCUT2D eigenvalue weighted by atomic mass is 10.1. The molecule has 1 rings (SSSR count). The number of hydrogen-bond donors (Lipinski definition) is 2. The van der Waals surface area contributed by atoms with Crippen molar-refractivity contribution in [3.05, 3.63) is 29.8 Å². The molecule has 0 radical (unpaired) electrons. The normalized spacial score (nSPS) is 11.0. The fourth-order valence-electron chi connectivity index (χ4n) is 1.58. The molecule has 0 unspecified atom stereocenters. The summed E-state index contributed by atoms with van der Waals surface area (Å²) in [5, 5.41) is 2.52. The topological polar surface area (TPSA) is 102 Å². The fourth-order valence-corrected chi connectivity index (χ4v) is 2.05. The predicted molar refractivity (Wildman–Crippen MR) is 82.4 cm³/mol. The minimum atomic E-state index is -3.25. The fraction of sp³-hybridized carbons (Fsp3) is 0.429. The number of amides is 1. The van der Waals surface area contributed by atoms with Crippen LogP contribution >= 0.6 is 0 Å². The van der Waals surface area contributed by atoms with E-state index >= 15 is 0 Å². The maximum absolute atomic E-state index is 11.5. The van der Waals surface area contributed by atoms with Gasteiger partial charge in [0.05, 0.1) is 6.26 Å². The maximum Gasteiger partial charge on any atom is 0.257 e. The average molecular weight is 328 g/mol. The minimum absolute atomic E-state index is 0.0441. The highest BCUT2D eigenvalue weighted by molar-refractivity contribution is 7.88. The van der Waals surface area contributed by atoms with E-state index in [1.54, 1.807) is 31.2 Å². The molecule has 0 aliphatic heterocycles. The molecule has 7 nitrogen and oxygen atoms in total. The van der Waals surface area contributed by atoms with E-state index in [1.165, 1.54) is 0 Å². The van der Waals surface area contributed by atoms with Crippen molar-refractivity contribution in [3.63, 3.8) is 0 Å². The molecule has 0 aromatic heterocycles. The van der Waals surface area contributed by atoms with Crippen molar-refractivity contribution in [2.24, 2.45) is 0 Å². The Bertz CT molecular complexity index is 611. The Labute approximate surface area is 130 Å². The van der Waals surface area contributed by atoms with E-state index in [0.717, 1.165) is 6.26 Å². The highest BCUT2D eigenvalue weighted by atomic mass is 32.2. The number of hydrogen-bond acceptors (Lipinski definition) is 5. The second kappa shape index (κ2) is 8.50. The van der Waals surface area contributed by atoms with Crippen molar-refractivity contribution in [2.45, 2.75) is 13.3 Å². The summed E-state index contributed by atoms with van der Waals surface area (Å²) < 4.78 is 29.2. The van der Waals surface area contributed by atoms with Crippen LogP contribution in [0.5, 0.6) is 5.75 Å². The van der Waals surface area contributed by atoms with Crippen molar-refractivity contribution < 1.29 is 22.7 Å². The highest BCUT2D eigenvalue weighted by Crippen LogP contribution is 2.13. The molecule has 1 aromatic rings. The third-order valence-corrected chi connectivity index (χ3v) is 3.41. The SMILES string of the molecule is CCC(=O)c1ccc(OCC(=O)NCCNS(C)(=O)=O)cc1. The van der Waals surface area contributed by atoms with Crippen molar-refractivity contribution in [1.82, 2.24) is 10.0 Å². The first-order valence-corrected chi connectivity index (χ1v) is 8.68. The van der Waals surface area contributed by atoms with Gasteiger partial charge < -0.3 is 10.1 Å². The van der Waals surface area contributed by atoms with Gasteiger partial charge in [0.2, 0.25) is 10.0 Å². The van der Waals surface area contributed by atoms with Gasteiger partial charge in [0.25, 0.3) is 5.91 Å². The summed E-state index contributed by atoms with van der Waals surface area (Å²) in [6.07, 6.45) is 1.48. The quantitative estimate of drug-likeness (QED) is 0.502. The summed E-state index contributed by atoms with van der Waals surface area (Å²) in [4.78, 5) is 22.9. The van der Waals surface area contributed by atoms with Crippen LogP contribution in [0.2, 0.25) is 0 Å². The van der Waals surface area contributed by atoms with Crippen molar-refractivity contribution in [1.29, 1.82) is 0 Å². The summed E-state index contributed by atoms with van der Waals surface area (Å²) in [5.74, 6) is 0.170.